The van der Waals surface area contributed by atoms with Crippen molar-refractivity contribution in [1.82, 2.24) is 4.90 Å². The first kappa shape index (κ1) is 12.2. The molecule has 0 radical (unpaired) electrons. The molecule has 0 bridgehead atoms. The number of carbonyl (C=O) groups excluding carboxylic acids is 1. The number of nitrogens with zero attached hydrogens (tertiary/aromatic N) is 1. The van der Waals surface area contributed by atoms with Gasteiger partial charge in [-0.25, -0.2) is 0 Å². The third-order valence-corrected chi connectivity index (χ3v) is 3.00. The molecule has 1 rings (SSSR count). The third kappa shape index (κ3) is 3.34. The number of thiophene rings is 1. The number of hydrogen-bond acceptors (Lipinski definition) is 2. The third-order valence-electron chi connectivity index (χ3n) is 2.26. The predicted molar refractivity (Wildman–Crippen MR) is 64.9 cm³/mol. The van der Waals surface area contributed by atoms with Crippen LogP contribution in [0.2, 0.25) is 0 Å². The molecule has 0 unspecified atom stereocenters. The van der Waals surface area contributed by atoms with Crippen LogP contribution in [0.4, 0.5) is 0 Å². The second-order valence-electron chi connectivity index (χ2n) is 4.70. The summed E-state index contributed by atoms with van der Waals surface area (Å²) in [5.41, 5.74) is 0.936. The lowest BCUT2D eigenvalue weighted by molar-refractivity contribution is -0.139. The van der Waals surface area contributed by atoms with Crippen LogP contribution in [-0.4, -0.2) is 17.4 Å². The molecule has 1 aromatic rings. The molecule has 0 N–H and O–H groups in total. The zero-order valence-electron chi connectivity index (χ0n) is 9.91. The number of carbonyl (C=O) groups is 1. The lowest BCUT2D eigenvalue weighted by atomic mass is 9.94. The first-order chi connectivity index (χ1) is 6.95. The van der Waals surface area contributed by atoms with E-state index in [0.29, 0.717) is 0 Å². The molecule has 2 nitrogen and oxygen atoms in total. The Morgan fingerprint density at radius 3 is 2.53 bits per heavy atom. The van der Waals surface area contributed by atoms with Crippen LogP contribution in [0.15, 0.2) is 16.8 Å². The Hall–Kier alpha value is -0.830. The lowest BCUT2D eigenvalue weighted by Gasteiger charge is -2.28. The number of hydrogen-bond donors (Lipinski definition) is 0. The fraction of sp³-hybridized carbons (Fsp3) is 0.583. The van der Waals surface area contributed by atoms with E-state index in [1.54, 1.807) is 11.3 Å². The van der Waals surface area contributed by atoms with Gasteiger partial charge in [-0.05, 0) is 29.3 Å². The minimum Gasteiger partial charge on any atom is -0.338 e. The highest BCUT2D eigenvalue weighted by molar-refractivity contribution is 7.07. The quantitative estimate of drug-likeness (QED) is 0.774. The molecule has 0 saturated heterocycles. The van der Waals surface area contributed by atoms with Crippen molar-refractivity contribution in [3.63, 3.8) is 0 Å². The molecule has 0 aromatic carbocycles. The standard InChI is InChI=1S/C12H19NOS/c1-5-13(11(14)12(2,3)4)8-10-6-7-15-9-10/h6-7,9H,5,8H2,1-4H3. The van der Waals surface area contributed by atoms with Gasteiger partial charge in [0, 0.05) is 18.5 Å². The first-order valence-electron chi connectivity index (χ1n) is 5.25. The zero-order valence-corrected chi connectivity index (χ0v) is 10.7. The van der Waals surface area contributed by atoms with Gasteiger partial charge in [-0.15, -0.1) is 0 Å². The van der Waals surface area contributed by atoms with Crippen molar-refractivity contribution < 1.29 is 4.79 Å². The van der Waals surface area contributed by atoms with E-state index < -0.39 is 0 Å². The Morgan fingerprint density at radius 1 is 1.47 bits per heavy atom. The summed E-state index contributed by atoms with van der Waals surface area (Å²) in [5.74, 6) is 0.219. The van der Waals surface area contributed by atoms with Crippen LogP contribution < -0.4 is 0 Å². The molecule has 0 fully saturated rings. The van der Waals surface area contributed by atoms with Gasteiger partial charge < -0.3 is 4.90 Å². The van der Waals surface area contributed by atoms with Gasteiger partial charge in [0.15, 0.2) is 0 Å². The van der Waals surface area contributed by atoms with E-state index in [1.165, 1.54) is 5.56 Å². The Balaban J connectivity index is 2.69. The molecule has 0 aliphatic heterocycles. The SMILES string of the molecule is CCN(Cc1ccsc1)C(=O)C(C)(C)C. The van der Waals surface area contributed by atoms with Gasteiger partial charge in [-0.3, -0.25) is 4.79 Å². The second-order valence-corrected chi connectivity index (χ2v) is 5.48. The normalized spacial score (nSPS) is 11.5. The molecule has 0 atom stereocenters. The van der Waals surface area contributed by atoms with Crippen LogP contribution in [0, 0.1) is 5.41 Å². The average molecular weight is 225 g/mol. The topological polar surface area (TPSA) is 20.3 Å². The average Bonchev–Trinajstić information content (AvgIpc) is 2.64. The molecule has 1 heterocycles. The monoisotopic (exact) mass is 225 g/mol. The molecule has 1 aromatic heterocycles. The summed E-state index contributed by atoms with van der Waals surface area (Å²) in [7, 11) is 0. The molecule has 15 heavy (non-hydrogen) atoms. The van der Waals surface area contributed by atoms with Crippen LogP contribution in [0.5, 0.6) is 0 Å². The van der Waals surface area contributed by atoms with Crippen molar-refractivity contribution in [3.8, 4) is 0 Å². The Bertz CT molecular complexity index is 311. The fourth-order valence-corrected chi connectivity index (χ4v) is 2.06. The minimum atomic E-state index is -0.286. The van der Waals surface area contributed by atoms with Crippen molar-refractivity contribution in [3.05, 3.63) is 22.4 Å². The molecule has 3 heteroatoms. The van der Waals surface area contributed by atoms with Crippen molar-refractivity contribution in [1.29, 1.82) is 0 Å². The number of amides is 1. The summed E-state index contributed by atoms with van der Waals surface area (Å²) in [6.07, 6.45) is 0. The van der Waals surface area contributed by atoms with Crippen LogP contribution in [0.25, 0.3) is 0 Å². The van der Waals surface area contributed by atoms with E-state index in [-0.39, 0.29) is 11.3 Å². The van der Waals surface area contributed by atoms with Crippen LogP contribution in [0.1, 0.15) is 33.3 Å². The van der Waals surface area contributed by atoms with E-state index in [1.807, 2.05) is 38.0 Å². The summed E-state index contributed by atoms with van der Waals surface area (Å²) in [6.45, 7) is 9.42. The molecule has 0 aliphatic carbocycles. The minimum absolute atomic E-state index is 0.219. The van der Waals surface area contributed by atoms with Crippen molar-refractivity contribution in [2.75, 3.05) is 6.54 Å². The summed E-state index contributed by atoms with van der Waals surface area (Å²) in [4.78, 5) is 14.0. The summed E-state index contributed by atoms with van der Waals surface area (Å²) in [5, 5.41) is 4.14. The van der Waals surface area contributed by atoms with Crippen LogP contribution in [0.3, 0.4) is 0 Å². The summed E-state index contributed by atoms with van der Waals surface area (Å²) >= 11 is 1.67. The van der Waals surface area contributed by atoms with Crippen LogP contribution >= 0.6 is 11.3 Å². The summed E-state index contributed by atoms with van der Waals surface area (Å²) < 4.78 is 0. The molecule has 0 saturated carbocycles. The highest BCUT2D eigenvalue weighted by Crippen LogP contribution is 2.19. The van der Waals surface area contributed by atoms with Crippen molar-refractivity contribution in [2.24, 2.45) is 5.41 Å². The van der Waals surface area contributed by atoms with Crippen LogP contribution in [-0.2, 0) is 11.3 Å². The maximum atomic E-state index is 12.1. The summed E-state index contributed by atoms with van der Waals surface area (Å²) in [6, 6.07) is 2.07. The van der Waals surface area contributed by atoms with E-state index >= 15 is 0 Å². The largest absolute Gasteiger partial charge is 0.338 e. The Morgan fingerprint density at radius 2 is 2.13 bits per heavy atom. The molecule has 0 aliphatic rings. The van der Waals surface area contributed by atoms with E-state index in [9.17, 15) is 4.79 Å². The zero-order chi connectivity index (χ0) is 11.5. The predicted octanol–water partition coefficient (Wildman–Crippen LogP) is 3.14. The molecule has 1 amide bonds. The highest BCUT2D eigenvalue weighted by atomic mass is 32.1. The maximum Gasteiger partial charge on any atom is 0.228 e. The van der Waals surface area contributed by atoms with Gasteiger partial charge in [-0.1, -0.05) is 20.8 Å². The van der Waals surface area contributed by atoms with E-state index in [0.717, 1.165) is 13.1 Å². The molecule has 84 valence electrons. The Labute approximate surface area is 95.9 Å². The maximum absolute atomic E-state index is 12.1. The molecule has 0 spiro atoms. The van der Waals surface area contributed by atoms with Gasteiger partial charge in [0.2, 0.25) is 5.91 Å². The van der Waals surface area contributed by atoms with E-state index in [4.69, 9.17) is 0 Å². The smallest absolute Gasteiger partial charge is 0.228 e. The number of rotatable bonds is 3. The lowest BCUT2D eigenvalue weighted by Crippen LogP contribution is -2.38. The highest BCUT2D eigenvalue weighted by Gasteiger charge is 2.26. The molecular formula is C12H19NOS. The van der Waals surface area contributed by atoms with Gasteiger partial charge in [0.25, 0.3) is 0 Å². The van der Waals surface area contributed by atoms with E-state index in [2.05, 4.69) is 11.4 Å². The fourth-order valence-electron chi connectivity index (χ4n) is 1.40. The Kier molecular flexibility index (Phi) is 3.91. The van der Waals surface area contributed by atoms with Crippen molar-refractivity contribution >= 4 is 17.2 Å². The first-order valence-corrected chi connectivity index (χ1v) is 6.20. The van der Waals surface area contributed by atoms with Gasteiger partial charge in [0.1, 0.15) is 0 Å². The van der Waals surface area contributed by atoms with Gasteiger partial charge in [-0.2, -0.15) is 11.3 Å². The van der Waals surface area contributed by atoms with Gasteiger partial charge >= 0.3 is 0 Å². The van der Waals surface area contributed by atoms with Crippen molar-refractivity contribution in [2.45, 2.75) is 34.2 Å². The molecular weight excluding hydrogens is 206 g/mol. The van der Waals surface area contributed by atoms with Gasteiger partial charge in [0.05, 0.1) is 0 Å². The second kappa shape index (κ2) is 4.79.